The molecule has 1 aliphatic rings. The van der Waals surface area contributed by atoms with Gasteiger partial charge in [-0.1, -0.05) is 49.4 Å². The Morgan fingerprint density at radius 2 is 1.49 bits per heavy atom. The summed E-state index contributed by atoms with van der Waals surface area (Å²) in [5.74, 6) is 1.42. The summed E-state index contributed by atoms with van der Waals surface area (Å²) in [5.41, 5.74) is 4.57. The standard InChI is InChI=1S/C29H31NO5/c1-5-19-6-9-22(10-7-19)27-26(21-11-13-23(33-2)14-12-21)28(31)29(32)30(27)17-16-20-8-15-24(34-3)25(18-20)35-4/h6-15,18,27,31H,5,16-17H2,1-4H3/t27-/m0/s1. The van der Waals surface area contributed by atoms with Crippen LogP contribution in [0.4, 0.5) is 0 Å². The fourth-order valence-corrected chi connectivity index (χ4v) is 4.52. The zero-order valence-corrected chi connectivity index (χ0v) is 20.6. The van der Waals surface area contributed by atoms with Crippen molar-refractivity contribution in [1.29, 1.82) is 0 Å². The quantitative estimate of drug-likeness (QED) is 0.453. The number of benzene rings is 3. The number of amides is 1. The van der Waals surface area contributed by atoms with Gasteiger partial charge in [-0.15, -0.1) is 0 Å². The van der Waals surface area contributed by atoms with Gasteiger partial charge in [-0.2, -0.15) is 0 Å². The summed E-state index contributed by atoms with van der Waals surface area (Å²) in [6, 6.07) is 21.0. The van der Waals surface area contributed by atoms with E-state index in [0.717, 1.165) is 23.1 Å². The van der Waals surface area contributed by atoms with Crippen molar-refractivity contribution in [3.63, 3.8) is 0 Å². The van der Waals surface area contributed by atoms with E-state index in [4.69, 9.17) is 14.2 Å². The van der Waals surface area contributed by atoms with Crippen molar-refractivity contribution in [3.05, 3.63) is 94.7 Å². The van der Waals surface area contributed by atoms with E-state index in [0.29, 0.717) is 35.8 Å². The molecule has 1 amide bonds. The zero-order chi connectivity index (χ0) is 24.9. The summed E-state index contributed by atoms with van der Waals surface area (Å²) in [6.45, 7) is 2.54. The number of methoxy groups -OCH3 is 3. The molecule has 1 heterocycles. The number of aliphatic hydroxyl groups excluding tert-OH is 1. The van der Waals surface area contributed by atoms with Crippen LogP contribution in [-0.2, 0) is 17.6 Å². The van der Waals surface area contributed by atoms with E-state index in [2.05, 4.69) is 19.1 Å². The summed E-state index contributed by atoms with van der Waals surface area (Å²) in [7, 11) is 4.81. The largest absolute Gasteiger partial charge is 0.503 e. The highest BCUT2D eigenvalue weighted by atomic mass is 16.5. The van der Waals surface area contributed by atoms with E-state index in [1.165, 1.54) is 5.56 Å². The molecule has 182 valence electrons. The van der Waals surface area contributed by atoms with Gasteiger partial charge in [0.05, 0.1) is 27.4 Å². The number of hydrogen-bond donors (Lipinski definition) is 1. The molecular formula is C29H31NO5. The molecule has 0 radical (unpaired) electrons. The molecule has 3 aromatic carbocycles. The van der Waals surface area contributed by atoms with Crippen LogP contribution in [0.5, 0.6) is 17.2 Å². The summed E-state index contributed by atoms with van der Waals surface area (Å²) >= 11 is 0. The van der Waals surface area contributed by atoms with E-state index < -0.39 is 6.04 Å². The second-order valence-corrected chi connectivity index (χ2v) is 8.43. The van der Waals surface area contributed by atoms with Gasteiger partial charge in [0.25, 0.3) is 5.91 Å². The maximum atomic E-state index is 13.3. The van der Waals surface area contributed by atoms with Crippen LogP contribution in [0, 0.1) is 0 Å². The van der Waals surface area contributed by atoms with Gasteiger partial charge in [-0.3, -0.25) is 4.79 Å². The highest BCUT2D eigenvalue weighted by Gasteiger charge is 2.40. The Balaban J connectivity index is 1.69. The lowest BCUT2D eigenvalue weighted by Gasteiger charge is -2.28. The Morgan fingerprint density at radius 1 is 0.829 bits per heavy atom. The van der Waals surface area contributed by atoms with E-state index in [-0.39, 0.29) is 11.7 Å². The lowest BCUT2D eigenvalue weighted by Crippen LogP contribution is -2.32. The van der Waals surface area contributed by atoms with Gasteiger partial charge < -0.3 is 24.2 Å². The number of nitrogens with zero attached hydrogens (tertiary/aromatic N) is 1. The summed E-state index contributed by atoms with van der Waals surface area (Å²) in [4.78, 5) is 15.1. The molecule has 6 nitrogen and oxygen atoms in total. The van der Waals surface area contributed by atoms with Crippen molar-refractivity contribution in [1.82, 2.24) is 4.90 Å². The average molecular weight is 474 g/mol. The van der Waals surface area contributed by atoms with Crippen molar-refractivity contribution in [2.45, 2.75) is 25.8 Å². The summed E-state index contributed by atoms with van der Waals surface area (Å²) < 4.78 is 16.0. The predicted octanol–water partition coefficient (Wildman–Crippen LogP) is 5.37. The fourth-order valence-electron chi connectivity index (χ4n) is 4.52. The smallest absolute Gasteiger partial charge is 0.289 e. The first kappa shape index (κ1) is 24.2. The van der Waals surface area contributed by atoms with Gasteiger partial charge in [0.1, 0.15) is 5.75 Å². The second kappa shape index (κ2) is 10.6. The predicted molar refractivity (Wildman–Crippen MR) is 136 cm³/mol. The normalized spacial score (nSPS) is 15.5. The topological polar surface area (TPSA) is 68.2 Å². The maximum Gasteiger partial charge on any atom is 0.289 e. The van der Waals surface area contributed by atoms with Crippen LogP contribution in [0.15, 0.2) is 72.5 Å². The Kier molecular flexibility index (Phi) is 7.30. The van der Waals surface area contributed by atoms with E-state index in [9.17, 15) is 9.90 Å². The third-order valence-corrected chi connectivity index (χ3v) is 6.50. The van der Waals surface area contributed by atoms with Gasteiger partial charge in [0.15, 0.2) is 17.3 Å². The molecule has 1 atom stereocenters. The van der Waals surface area contributed by atoms with Crippen molar-refractivity contribution in [2.24, 2.45) is 0 Å². The highest BCUT2D eigenvalue weighted by molar-refractivity contribution is 6.05. The summed E-state index contributed by atoms with van der Waals surface area (Å²) in [6.07, 6.45) is 1.53. The molecule has 0 bridgehead atoms. The number of aryl methyl sites for hydroxylation is 1. The molecule has 4 rings (SSSR count). The average Bonchev–Trinajstić information content (AvgIpc) is 3.16. The van der Waals surface area contributed by atoms with Crippen LogP contribution in [-0.4, -0.2) is 43.8 Å². The van der Waals surface area contributed by atoms with E-state index in [1.807, 2.05) is 54.6 Å². The van der Waals surface area contributed by atoms with Crippen LogP contribution in [0.2, 0.25) is 0 Å². The fraction of sp³-hybridized carbons (Fsp3) is 0.276. The van der Waals surface area contributed by atoms with Crippen LogP contribution < -0.4 is 14.2 Å². The third-order valence-electron chi connectivity index (χ3n) is 6.50. The number of hydrogen-bond acceptors (Lipinski definition) is 5. The minimum Gasteiger partial charge on any atom is -0.503 e. The first-order valence-electron chi connectivity index (χ1n) is 11.7. The number of ether oxygens (including phenoxy) is 3. The van der Waals surface area contributed by atoms with Crippen molar-refractivity contribution < 1.29 is 24.1 Å². The molecule has 1 N–H and O–H groups in total. The highest BCUT2D eigenvalue weighted by Crippen LogP contribution is 2.43. The van der Waals surface area contributed by atoms with Gasteiger partial charge in [0, 0.05) is 12.1 Å². The first-order chi connectivity index (χ1) is 17.0. The van der Waals surface area contributed by atoms with E-state index >= 15 is 0 Å². The molecule has 0 aromatic heterocycles. The van der Waals surface area contributed by atoms with Gasteiger partial charge in [-0.25, -0.2) is 0 Å². The minimum atomic E-state index is -0.401. The molecule has 3 aromatic rings. The second-order valence-electron chi connectivity index (χ2n) is 8.43. The molecular weight excluding hydrogens is 442 g/mol. The Hall–Kier alpha value is -3.93. The van der Waals surface area contributed by atoms with Crippen molar-refractivity contribution in [3.8, 4) is 17.2 Å². The molecule has 0 aliphatic carbocycles. The molecule has 0 saturated carbocycles. The Labute approximate surface area is 206 Å². The molecule has 6 heteroatoms. The molecule has 0 unspecified atom stereocenters. The molecule has 1 aliphatic heterocycles. The zero-order valence-electron chi connectivity index (χ0n) is 20.6. The molecule has 35 heavy (non-hydrogen) atoms. The maximum absolute atomic E-state index is 13.3. The van der Waals surface area contributed by atoms with Crippen LogP contribution >= 0.6 is 0 Å². The van der Waals surface area contributed by atoms with Gasteiger partial charge in [-0.05, 0) is 59.4 Å². The Morgan fingerprint density at radius 3 is 2.09 bits per heavy atom. The van der Waals surface area contributed by atoms with Crippen molar-refractivity contribution in [2.75, 3.05) is 27.9 Å². The summed E-state index contributed by atoms with van der Waals surface area (Å²) in [5, 5.41) is 11.0. The van der Waals surface area contributed by atoms with Gasteiger partial charge >= 0.3 is 0 Å². The number of carbonyl (C=O) groups excluding carboxylic acids is 1. The van der Waals surface area contributed by atoms with Crippen LogP contribution in [0.25, 0.3) is 5.57 Å². The van der Waals surface area contributed by atoms with Gasteiger partial charge in [0.2, 0.25) is 0 Å². The monoisotopic (exact) mass is 473 g/mol. The molecule has 0 spiro atoms. The number of aliphatic hydroxyl groups is 1. The third kappa shape index (κ3) is 4.83. The van der Waals surface area contributed by atoms with E-state index in [1.54, 1.807) is 26.2 Å². The lowest BCUT2D eigenvalue weighted by atomic mass is 9.92. The van der Waals surface area contributed by atoms with Crippen LogP contribution in [0.3, 0.4) is 0 Å². The molecule has 0 saturated heterocycles. The van der Waals surface area contributed by atoms with Crippen molar-refractivity contribution >= 4 is 11.5 Å². The lowest BCUT2D eigenvalue weighted by molar-refractivity contribution is -0.129. The Bertz CT molecular complexity index is 1210. The number of carbonyl (C=O) groups is 1. The first-order valence-corrected chi connectivity index (χ1v) is 11.7. The molecule has 0 fully saturated rings. The number of rotatable bonds is 9. The SMILES string of the molecule is CCc1ccc([C@H]2C(c3ccc(OC)cc3)=C(O)C(=O)N2CCc2ccc(OC)c(OC)c2)cc1. The minimum absolute atomic E-state index is 0.216. The van der Waals surface area contributed by atoms with Crippen LogP contribution in [0.1, 0.15) is 35.2 Å².